The molecule has 8 nitrogen and oxygen atoms in total. The molecule has 0 unspecified atom stereocenters. The molecule has 0 spiro atoms. The van der Waals surface area contributed by atoms with Crippen LogP contribution in [0.1, 0.15) is 12.0 Å². The number of hydroxylamine groups is 2. The van der Waals surface area contributed by atoms with Gasteiger partial charge in [-0.15, -0.1) is 23.2 Å². The van der Waals surface area contributed by atoms with Crippen LogP contribution in [-0.2, 0) is 16.0 Å². The fourth-order valence-electron chi connectivity index (χ4n) is 3.53. The highest BCUT2D eigenvalue weighted by Gasteiger charge is 2.45. The van der Waals surface area contributed by atoms with Crippen LogP contribution in [0, 0.1) is 0 Å². The smallest absolute Gasteiger partial charge is 0.162 e. The molecule has 0 aromatic heterocycles. The average molecular weight is 467 g/mol. The summed E-state index contributed by atoms with van der Waals surface area (Å²) in [7, 11) is 1.44. The maximum atomic E-state index is 10.2. The van der Waals surface area contributed by atoms with E-state index in [2.05, 4.69) is 17.0 Å². The van der Waals surface area contributed by atoms with Crippen molar-refractivity contribution in [2.24, 2.45) is 0 Å². The fourth-order valence-corrected chi connectivity index (χ4v) is 3.94. The number of nitrogens with zero attached hydrogens (tertiary/aromatic N) is 2. The number of ether oxygens (including phenoxy) is 1. The van der Waals surface area contributed by atoms with Crippen LogP contribution in [-0.4, -0.2) is 101 Å². The maximum Gasteiger partial charge on any atom is 0.162 e. The minimum absolute atomic E-state index is 0.422. The van der Waals surface area contributed by atoms with Gasteiger partial charge in [-0.25, -0.2) is 0 Å². The second-order valence-corrected chi connectivity index (χ2v) is 7.93. The number of alkyl halides is 2. The highest BCUT2D eigenvalue weighted by atomic mass is 35.5. The fraction of sp³-hybridized carbons (Fsp3) is 0.700. The largest absolute Gasteiger partial charge is 0.394 e. The van der Waals surface area contributed by atoms with E-state index in [0.29, 0.717) is 24.7 Å². The van der Waals surface area contributed by atoms with Crippen LogP contribution in [0.25, 0.3) is 0 Å². The predicted octanol–water partition coefficient (Wildman–Crippen LogP) is 0.566. The Morgan fingerprint density at radius 3 is 2.13 bits per heavy atom. The molecule has 10 heteroatoms. The summed E-state index contributed by atoms with van der Waals surface area (Å²) >= 11 is 11.7. The quantitative estimate of drug-likeness (QED) is 0.261. The molecule has 30 heavy (non-hydrogen) atoms. The minimum atomic E-state index is -1.44. The molecule has 0 bridgehead atoms. The van der Waals surface area contributed by atoms with E-state index in [4.69, 9.17) is 32.8 Å². The van der Waals surface area contributed by atoms with Gasteiger partial charge in [0.05, 0.1) is 13.7 Å². The van der Waals surface area contributed by atoms with Crippen molar-refractivity contribution in [3.8, 4) is 0 Å². The van der Waals surface area contributed by atoms with Gasteiger partial charge in [-0.3, -0.25) is 4.84 Å². The third-order valence-corrected chi connectivity index (χ3v) is 5.58. The van der Waals surface area contributed by atoms with Crippen molar-refractivity contribution in [1.29, 1.82) is 0 Å². The van der Waals surface area contributed by atoms with Gasteiger partial charge in [0.25, 0.3) is 0 Å². The van der Waals surface area contributed by atoms with E-state index in [-0.39, 0.29) is 0 Å². The standard InChI is InChI=1S/C20H32Cl2N2O6/c1-29-24(20-19(28)18(27)17(26)16(13-25)30-20)10-2-3-14-4-6-15(7-5-14)23(11-8-21)12-9-22/h4-7,16-20,25-28H,2-3,8-13H2,1H3/t16-,17+,18+,19+,20+/m1/s1. The van der Waals surface area contributed by atoms with Gasteiger partial charge >= 0.3 is 0 Å². The Labute approximate surface area is 187 Å². The Kier molecular flexibility index (Phi) is 11.1. The number of aliphatic hydroxyl groups is 4. The average Bonchev–Trinajstić information content (AvgIpc) is 2.76. The van der Waals surface area contributed by atoms with Crippen molar-refractivity contribution >= 4 is 28.9 Å². The zero-order valence-electron chi connectivity index (χ0n) is 17.1. The van der Waals surface area contributed by atoms with E-state index in [0.717, 1.165) is 30.8 Å². The Morgan fingerprint density at radius 1 is 0.967 bits per heavy atom. The summed E-state index contributed by atoms with van der Waals surface area (Å²) in [6.45, 7) is 1.41. The molecule has 1 aromatic carbocycles. The summed E-state index contributed by atoms with van der Waals surface area (Å²) in [6.07, 6.45) is -4.68. The molecule has 5 atom stereocenters. The Balaban J connectivity index is 1.91. The zero-order valence-corrected chi connectivity index (χ0v) is 18.6. The molecule has 1 aliphatic rings. The van der Waals surface area contributed by atoms with E-state index in [1.54, 1.807) is 0 Å². The number of aliphatic hydroxyl groups excluding tert-OH is 4. The van der Waals surface area contributed by atoms with E-state index in [9.17, 15) is 20.4 Å². The van der Waals surface area contributed by atoms with Crippen molar-refractivity contribution in [3.05, 3.63) is 29.8 Å². The first-order chi connectivity index (χ1) is 14.5. The summed E-state index contributed by atoms with van der Waals surface area (Å²) in [4.78, 5) is 7.46. The number of rotatable bonds is 12. The molecule has 0 aliphatic carbocycles. The summed E-state index contributed by atoms with van der Waals surface area (Å²) in [6, 6.07) is 8.19. The lowest BCUT2D eigenvalue weighted by atomic mass is 9.98. The van der Waals surface area contributed by atoms with Crippen molar-refractivity contribution in [1.82, 2.24) is 5.06 Å². The highest BCUT2D eigenvalue weighted by molar-refractivity contribution is 6.18. The molecule has 1 aliphatic heterocycles. The van der Waals surface area contributed by atoms with E-state index in [1.165, 1.54) is 12.2 Å². The molecule has 2 rings (SSSR count). The summed E-state index contributed by atoms with van der Waals surface area (Å²) in [5.41, 5.74) is 2.21. The van der Waals surface area contributed by atoms with Gasteiger partial charge in [0.1, 0.15) is 24.4 Å². The Hall–Kier alpha value is -0.680. The van der Waals surface area contributed by atoms with E-state index < -0.39 is 37.3 Å². The predicted molar refractivity (Wildman–Crippen MR) is 116 cm³/mol. The molecule has 1 saturated heterocycles. The Bertz CT molecular complexity index is 603. The number of anilines is 1. The third-order valence-electron chi connectivity index (χ3n) is 5.24. The lowest BCUT2D eigenvalue weighted by Gasteiger charge is -2.43. The maximum absolute atomic E-state index is 10.2. The molecule has 1 heterocycles. The number of benzene rings is 1. The molecule has 1 aromatic rings. The van der Waals surface area contributed by atoms with E-state index in [1.807, 2.05) is 12.1 Å². The van der Waals surface area contributed by atoms with Crippen LogP contribution in [0.5, 0.6) is 0 Å². The van der Waals surface area contributed by atoms with Gasteiger partial charge in [-0.05, 0) is 30.5 Å². The van der Waals surface area contributed by atoms with Crippen LogP contribution >= 0.6 is 23.2 Å². The lowest BCUT2D eigenvalue weighted by molar-refractivity contribution is -0.327. The first kappa shape index (κ1) is 25.6. The highest BCUT2D eigenvalue weighted by Crippen LogP contribution is 2.24. The van der Waals surface area contributed by atoms with Gasteiger partial charge in [0.2, 0.25) is 0 Å². The van der Waals surface area contributed by atoms with Crippen LogP contribution in [0.2, 0.25) is 0 Å². The monoisotopic (exact) mass is 466 g/mol. The van der Waals surface area contributed by atoms with Gasteiger partial charge in [-0.1, -0.05) is 12.1 Å². The number of aryl methyl sites for hydroxylation is 1. The van der Waals surface area contributed by atoms with Crippen LogP contribution < -0.4 is 4.90 Å². The topological polar surface area (TPSA) is 106 Å². The SMILES string of the molecule is CON(CCCc1ccc(N(CCCl)CCCl)cc1)[C@H]1O[C@H](CO)[C@H](O)[C@H](O)[C@@H]1O. The Morgan fingerprint density at radius 2 is 1.60 bits per heavy atom. The number of halogens is 2. The van der Waals surface area contributed by atoms with Crippen molar-refractivity contribution in [2.45, 2.75) is 43.5 Å². The summed E-state index contributed by atoms with van der Waals surface area (Å²) in [5, 5.41) is 40.9. The van der Waals surface area contributed by atoms with Gasteiger partial charge in [0.15, 0.2) is 6.23 Å². The van der Waals surface area contributed by atoms with E-state index >= 15 is 0 Å². The molecular formula is C20H32Cl2N2O6. The number of hydrogen-bond acceptors (Lipinski definition) is 8. The van der Waals surface area contributed by atoms with Crippen LogP contribution in [0.3, 0.4) is 0 Å². The van der Waals surface area contributed by atoms with Crippen molar-refractivity contribution in [3.63, 3.8) is 0 Å². The van der Waals surface area contributed by atoms with Crippen LogP contribution in [0.15, 0.2) is 24.3 Å². The third kappa shape index (κ3) is 6.66. The summed E-state index contributed by atoms with van der Waals surface area (Å²) < 4.78 is 5.54. The second-order valence-electron chi connectivity index (χ2n) is 7.18. The van der Waals surface area contributed by atoms with Crippen LogP contribution in [0.4, 0.5) is 5.69 Å². The molecule has 0 radical (unpaired) electrons. The number of hydrogen-bond donors (Lipinski definition) is 4. The molecule has 0 amide bonds. The first-order valence-corrected chi connectivity index (χ1v) is 11.1. The van der Waals surface area contributed by atoms with Gasteiger partial charge in [-0.2, -0.15) is 5.06 Å². The molecule has 1 fully saturated rings. The first-order valence-electron chi connectivity index (χ1n) is 10.0. The minimum Gasteiger partial charge on any atom is -0.394 e. The second kappa shape index (κ2) is 13.0. The molecular weight excluding hydrogens is 435 g/mol. The van der Waals surface area contributed by atoms with Crippen molar-refractivity contribution < 1.29 is 30.0 Å². The van der Waals surface area contributed by atoms with Gasteiger partial charge < -0.3 is 30.1 Å². The zero-order chi connectivity index (χ0) is 22.1. The molecule has 172 valence electrons. The summed E-state index contributed by atoms with van der Waals surface area (Å²) in [5.74, 6) is 1.06. The van der Waals surface area contributed by atoms with Crippen molar-refractivity contribution in [2.75, 3.05) is 50.0 Å². The lowest BCUT2D eigenvalue weighted by Crippen LogP contribution is -2.63. The van der Waals surface area contributed by atoms with Gasteiger partial charge in [0, 0.05) is 37.1 Å². The molecule has 4 N–H and O–H groups in total. The normalized spacial score (nSPS) is 26.9. The molecule has 0 saturated carbocycles.